The molecular formula is C86H56N2O2S2. The van der Waals surface area contributed by atoms with E-state index in [0.717, 1.165) is 123 Å². The molecule has 14 aromatic carbocycles. The van der Waals surface area contributed by atoms with E-state index in [0.29, 0.717) is 0 Å². The Kier molecular flexibility index (Phi) is 12.7. The molecule has 6 heteroatoms. The average molecular weight is 1210 g/mol. The first-order chi connectivity index (χ1) is 45.4. The Morgan fingerprint density at radius 1 is 0.228 bits per heavy atom. The number of fused-ring (bicyclic) bond motifs is 12. The molecule has 0 aliphatic heterocycles. The smallest absolute Gasteiger partial charge is 0.135 e. The summed E-state index contributed by atoms with van der Waals surface area (Å²) in [6, 6.07) is 111. The molecule has 18 rings (SSSR count). The Bertz CT molecular complexity index is 5580. The molecule has 434 valence electrons. The monoisotopic (exact) mass is 1210 g/mol. The maximum absolute atomic E-state index is 6.34. The largest absolute Gasteiger partial charge is 0.456 e. The van der Waals surface area contributed by atoms with Gasteiger partial charge in [0.05, 0.1) is 11.4 Å². The van der Waals surface area contributed by atoms with E-state index >= 15 is 0 Å². The highest BCUT2D eigenvalue weighted by molar-refractivity contribution is 7.26. The van der Waals surface area contributed by atoms with E-state index < -0.39 is 0 Å². The second kappa shape index (κ2) is 21.7. The van der Waals surface area contributed by atoms with Crippen LogP contribution in [0.1, 0.15) is 11.1 Å². The van der Waals surface area contributed by atoms with Crippen molar-refractivity contribution >= 4 is 141 Å². The van der Waals surface area contributed by atoms with Crippen LogP contribution in [0.25, 0.3) is 140 Å². The summed E-state index contributed by atoms with van der Waals surface area (Å²) in [5.74, 6) is 0. The normalized spacial score (nSPS) is 11.8. The van der Waals surface area contributed by atoms with Crippen LogP contribution in [-0.4, -0.2) is 0 Å². The van der Waals surface area contributed by atoms with Gasteiger partial charge in [-0.25, -0.2) is 0 Å². The SMILES string of the molecule is Cc1cc(-c2ccc(N(c3ccc(-c4ccc5sc6ccccc6c5c4)cc3)c3ccccc3-c3ccc4oc5ccccc5c4c3)c(C)c2)ccc1N(c1ccc(-c2ccc3sc4ccccc4c3c2)cc1)c1ccccc1-c1ccc2oc3ccccc3c2c1. The summed E-state index contributed by atoms with van der Waals surface area (Å²) in [4.78, 5) is 4.88. The lowest BCUT2D eigenvalue weighted by Crippen LogP contribution is -2.13. The van der Waals surface area contributed by atoms with Gasteiger partial charge in [0.1, 0.15) is 22.3 Å². The van der Waals surface area contributed by atoms with Gasteiger partial charge in [0.25, 0.3) is 0 Å². The van der Waals surface area contributed by atoms with E-state index in [9.17, 15) is 0 Å². The van der Waals surface area contributed by atoms with Crippen LogP contribution in [0.15, 0.2) is 312 Å². The van der Waals surface area contributed by atoms with Crippen molar-refractivity contribution in [1.82, 2.24) is 0 Å². The van der Waals surface area contributed by atoms with Crippen LogP contribution < -0.4 is 9.80 Å². The minimum atomic E-state index is 0.879. The molecule has 92 heavy (non-hydrogen) atoms. The molecule has 4 nitrogen and oxygen atoms in total. The van der Waals surface area contributed by atoms with E-state index in [1.165, 1.54) is 62.6 Å². The van der Waals surface area contributed by atoms with Gasteiger partial charge in [-0.05, 0) is 203 Å². The molecule has 0 saturated heterocycles. The van der Waals surface area contributed by atoms with E-state index in [4.69, 9.17) is 8.83 Å². The lowest BCUT2D eigenvalue weighted by atomic mass is 9.96. The van der Waals surface area contributed by atoms with Crippen molar-refractivity contribution in [2.75, 3.05) is 9.80 Å². The van der Waals surface area contributed by atoms with Gasteiger partial charge in [-0.15, -0.1) is 22.7 Å². The quantitative estimate of drug-likeness (QED) is 0.129. The highest BCUT2D eigenvalue weighted by Crippen LogP contribution is 2.48. The first-order valence-corrected chi connectivity index (χ1v) is 32.9. The van der Waals surface area contributed by atoms with Crippen LogP contribution in [0.2, 0.25) is 0 Å². The van der Waals surface area contributed by atoms with Crippen molar-refractivity contribution in [3.05, 3.63) is 314 Å². The Morgan fingerprint density at radius 2 is 0.554 bits per heavy atom. The molecule has 18 aromatic rings. The highest BCUT2D eigenvalue weighted by Gasteiger charge is 2.24. The summed E-state index contributed by atoms with van der Waals surface area (Å²) in [5.41, 5.74) is 23.8. The molecule has 0 saturated carbocycles. The van der Waals surface area contributed by atoms with Crippen LogP contribution in [0, 0.1) is 13.8 Å². The van der Waals surface area contributed by atoms with E-state index in [-0.39, 0.29) is 0 Å². The third-order valence-electron chi connectivity index (χ3n) is 18.5. The Morgan fingerprint density at radius 3 is 1.00 bits per heavy atom. The topological polar surface area (TPSA) is 32.8 Å². The van der Waals surface area contributed by atoms with Gasteiger partial charge < -0.3 is 18.6 Å². The number of benzene rings is 14. The van der Waals surface area contributed by atoms with Crippen molar-refractivity contribution in [3.63, 3.8) is 0 Å². The molecule has 4 aromatic heterocycles. The number of para-hydroxylation sites is 4. The molecule has 4 heterocycles. The maximum atomic E-state index is 6.34. The first kappa shape index (κ1) is 53.7. The molecule has 0 bridgehead atoms. The van der Waals surface area contributed by atoms with Gasteiger partial charge in [0.2, 0.25) is 0 Å². The van der Waals surface area contributed by atoms with Gasteiger partial charge in [-0.1, -0.05) is 170 Å². The molecule has 0 aliphatic rings. The molecule has 0 fully saturated rings. The molecule has 0 atom stereocenters. The van der Waals surface area contributed by atoms with E-state index in [2.05, 4.69) is 303 Å². The summed E-state index contributed by atoms with van der Waals surface area (Å²) in [5, 5.41) is 9.62. The molecule has 0 radical (unpaired) electrons. The van der Waals surface area contributed by atoms with Gasteiger partial charge >= 0.3 is 0 Å². The summed E-state index contributed by atoms with van der Waals surface area (Å²) in [7, 11) is 0. The van der Waals surface area contributed by atoms with Crippen molar-refractivity contribution in [2.45, 2.75) is 13.8 Å². The second-order valence-corrected chi connectivity index (χ2v) is 26.2. The predicted molar refractivity (Wildman–Crippen MR) is 393 cm³/mol. The fourth-order valence-corrected chi connectivity index (χ4v) is 16.2. The van der Waals surface area contributed by atoms with Crippen molar-refractivity contribution in [1.29, 1.82) is 0 Å². The Hall–Kier alpha value is -11.3. The summed E-state index contributed by atoms with van der Waals surface area (Å²) in [6.07, 6.45) is 0. The number of rotatable bonds is 11. The number of thiophene rings is 2. The molecular weight excluding hydrogens is 1160 g/mol. The lowest BCUT2D eigenvalue weighted by molar-refractivity contribution is 0.668. The van der Waals surface area contributed by atoms with E-state index in [1.807, 2.05) is 46.9 Å². The van der Waals surface area contributed by atoms with Crippen LogP contribution >= 0.6 is 22.7 Å². The number of hydrogen-bond donors (Lipinski definition) is 0. The number of anilines is 6. The Balaban J connectivity index is 0.737. The van der Waals surface area contributed by atoms with Gasteiger partial charge in [-0.2, -0.15) is 0 Å². The predicted octanol–water partition coefficient (Wildman–Crippen LogP) is 26.1. The average Bonchev–Trinajstić information content (AvgIpc) is 1.18. The molecule has 0 amide bonds. The third-order valence-corrected chi connectivity index (χ3v) is 20.8. The second-order valence-electron chi connectivity index (χ2n) is 24.0. The zero-order chi connectivity index (χ0) is 61.0. The number of aryl methyl sites for hydroxylation is 2. The summed E-state index contributed by atoms with van der Waals surface area (Å²) in [6.45, 7) is 4.50. The van der Waals surface area contributed by atoms with Gasteiger partial charge in [0, 0.05) is 95.8 Å². The third kappa shape index (κ3) is 9.09. The van der Waals surface area contributed by atoms with E-state index in [1.54, 1.807) is 0 Å². The molecule has 0 spiro atoms. The van der Waals surface area contributed by atoms with Crippen LogP contribution in [0.5, 0.6) is 0 Å². The highest BCUT2D eigenvalue weighted by atomic mass is 32.1. The van der Waals surface area contributed by atoms with Crippen LogP contribution in [-0.2, 0) is 0 Å². The van der Waals surface area contributed by atoms with Crippen molar-refractivity contribution in [2.24, 2.45) is 0 Å². The van der Waals surface area contributed by atoms with Crippen LogP contribution in [0.3, 0.4) is 0 Å². The fourth-order valence-electron chi connectivity index (χ4n) is 14.0. The fraction of sp³-hybridized carbons (Fsp3) is 0.0233. The summed E-state index contributed by atoms with van der Waals surface area (Å²) >= 11 is 3.71. The number of furan rings is 2. The summed E-state index contributed by atoms with van der Waals surface area (Å²) < 4.78 is 17.9. The minimum absolute atomic E-state index is 0.879. The van der Waals surface area contributed by atoms with Crippen molar-refractivity contribution < 1.29 is 8.83 Å². The lowest BCUT2D eigenvalue weighted by Gasteiger charge is -2.30. The Labute approximate surface area is 540 Å². The standard InChI is InChI=1S/C86H56N2O2S2/c1-53-47-57(31-41-75(53)87(63-37-27-55(28-38-63)59-35-45-85-73(49-59)69-19-7-13-25-83(69)91-85)77-21-9-3-15-65(77)61-33-43-81-71(51-61)67-17-5-11-23-79(67)89-81)58-32-42-76(54(2)48-58)88(64-39-29-56(30-40-64)60-36-46-86-74(50-60)70-20-8-14-26-84(70)92-86)78-22-10-4-16-66(78)62-34-44-82-72(52-62)68-18-6-12-24-80(68)90-82/h3-52H,1-2H3. The van der Waals surface area contributed by atoms with Crippen molar-refractivity contribution in [3.8, 4) is 55.6 Å². The van der Waals surface area contributed by atoms with Crippen LogP contribution in [0.4, 0.5) is 34.1 Å². The zero-order valence-corrected chi connectivity index (χ0v) is 52.0. The van der Waals surface area contributed by atoms with Gasteiger partial charge in [-0.3, -0.25) is 0 Å². The molecule has 0 aliphatic carbocycles. The van der Waals surface area contributed by atoms with Gasteiger partial charge in [0.15, 0.2) is 0 Å². The first-order valence-electron chi connectivity index (χ1n) is 31.3. The molecule has 0 unspecified atom stereocenters. The number of nitrogens with zero attached hydrogens (tertiary/aromatic N) is 2. The number of hydrogen-bond acceptors (Lipinski definition) is 6. The minimum Gasteiger partial charge on any atom is -0.456 e. The zero-order valence-electron chi connectivity index (χ0n) is 50.4. The molecule has 0 N–H and O–H groups in total. The maximum Gasteiger partial charge on any atom is 0.135 e.